The Morgan fingerprint density at radius 3 is 2.17 bits per heavy atom. The summed E-state index contributed by atoms with van der Waals surface area (Å²) in [7, 11) is 0. The minimum Gasteiger partial charge on any atom is -0.204 e. The molecular weight excluding hydrogens is 312 g/mol. The lowest BCUT2D eigenvalue weighted by molar-refractivity contribution is 0.587. The lowest BCUT2D eigenvalue weighted by Crippen LogP contribution is -1.87. The van der Waals surface area contributed by atoms with Crippen LogP contribution >= 0.6 is 12.2 Å². The van der Waals surface area contributed by atoms with Gasteiger partial charge < -0.3 is 0 Å². The molecule has 2 aromatic carbocycles. The number of thiocarbonyl (C=S) groups is 1. The van der Waals surface area contributed by atoms with Crippen molar-refractivity contribution in [1.29, 1.82) is 0 Å². The van der Waals surface area contributed by atoms with Gasteiger partial charge in [0.2, 0.25) is 0 Å². The van der Waals surface area contributed by atoms with E-state index in [0.29, 0.717) is 0 Å². The van der Waals surface area contributed by atoms with Gasteiger partial charge >= 0.3 is 0 Å². The highest BCUT2D eigenvalue weighted by molar-refractivity contribution is 7.78. The second-order valence-electron chi connectivity index (χ2n) is 5.59. The molecule has 114 valence electrons. The van der Waals surface area contributed by atoms with E-state index in [1.54, 1.807) is 0 Å². The molecule has 1 fully saturated rings. The highest BCUT2D eigenvalue weighted by Crippen LogP contribution is 2.32. The van der Waals surface area contributed by atoms with Crippen molar-refractivity contribution in [2.45, 2.75) is 19.3 Å². The number of rotatable bonds is 3. The molecule has 0 aliphatic heterocycles. The van der Waals surface area contributed by atoms with Gasteiger partial charge in [-0.1, -0.05) is 24.0 Å². The van der Waals surface area contributed by atoms with Crippen LogP contribution in [-0.4, -0.2) is 5.16 Å². The summed E-state index contributed by atoms with van der Waals surface area (Å²) in [6.07, 6.45) is 3.76. The maximum Gasteiger partial charge on any atom is 0.153 e. The number of hydrogen-bond acceptors (Lipinski definition) is 2. The van der Waals surface area contributed by atoms with Crippen LogP contribution < -0.4 is 0 Å². The summed E-state index contributed by atoms with van der Waals surface area (Å²) in [5.74, 6) is 4.92. The van der Waals surface area contributed by atoms with Gasteiger partial charge in [-0.2, -0.15) is 4.99 Å². The van der Waals surface area contributed by atoms with Gasteiger partial charge in [0.15, 0.2) is 11.6 Å². The maximum atomic E-state index is 13.7. The van der Waals surface area contributed by atoms with Crippen LogP contribution in [0.25, 0.3) is 0 Å². The Bertz CT molecular complexity index is 813. The normalized spacial score (nSPS) is 13.0. The van der Waals surface area contributed by atoms with E-state index >= 15 is 0 Å². The number of isothiocyanates is 1. The Labute approximate surface area is 139 Å². The zero-order valence-corrected chi connectivity index (χ0v) is 13.1. The summed E-state index contributed by atoms with van der Waals surface area (Å²) < 4.78 is 27.4. The van der Waals surface area contributed by atoms with Crippen molar-refractivity contribution in [3.05, 3.63) is 64.7 Å². The molecule has 1 aliphatic carbocycles. The van der Waals surface area contributed by atoms with Crippen LogP contribution in [0.5, 0.6) is 0 Å². The summed E-state index contributed by atoms with van der Waals surface area (Å²) in [5.41, 5.74) is 1.93. The van der Waals surface area contributed by atoms with Gasteiger partial charge in [-0.3, -0.25) is 0 Å². The van der Waals surface area contributed by atoms with Crippen molar-refractivity contribution in [3.8, 4) is 11.8 Å². The molecule has 1 aliphatic rings. The molecule has 0 bridgehead atoms. The first kappa shape index (κ1) is 15.6. The van der Waals surface area contributed by atoms with Gasteiger partial charge in [-0.15, -0.1) is 0 Å². The topological polar surface area (TPSA) is 12.4 Å². The zero-order chi connectivity index (χ0) is 16.2. The fraction of sp³-hybridized carbons (Fsp3) is 0.211. The predicted molar refractivity (Wildman–Crippen MR) is 89.9 cm³/mol. The molecule has 0 heterocycles. The first-order chi connectivity index (χ1) is 11.2. The first-order valence-corrected chi connectivity index (χ1v) is 7.74. The van der Waals surface area contributed by atoms with Crippen LogP contribution in [0, 0.1) is 29.4 Å². The molecule has 0 saturated heterocycles. The Morgan fingerprint density at radius 2 is 1.61 bits per heavy atom. The van der Waals surface area contributed by atoms with Crippen molar-refractivity contribution in [2.24, 2.45) is 10.9 Å². The number of aliphatic imine (C=N–C) groups is 1. The van der Waals surface area contributed by atoms with Crippen LogP contribution in [0.4, 0.5) is 14.5 Å². The van der Waals surface area contributed by atoms with E-state index in [4.69, 9.17) is 0 Å². The number of halogens is 2. The van der Waals surface area contributed by atoms with Crippen molar-refractivity contribution in [3.63, 3.8) is 0 Å². The molecule has 0 radical (unpaired) electrons. The highest BCUT2D eigenvalue weighted by atomic mass is 32.1. The third-order valence-electron chi connectivity index (χ3n) is 3.70. The number of benzene rings is 2. The molecule has 23 heavy (non-hydrogen) atoms. The average Bonchev–Trinajstić information content (AvgIpc) is 3.34. The van der Waals surface area contributed by atoms with E-state index in [0.717, 1.165) is 30.0 Å². The van der Waals surface area contributed by atoms with Crippen LogP contribution in [0.3, 0.4) is 0 Å². The Hall–Kier alpha value is -2.34. The quantitative estimate of drug-likeness (QED) is 0.437. The highest BCUT2D eigenvalue weighted by Gasteiger charge is 2.21. The molecule has 1 nitrogen and oxygen atoms in total. The van der Waals surface area contributed by atoms with Crippen molar-refractivity contribution < 1.29 is 8.78 Å². The van der Waals surface area contributed by atoms with Gasteiger partial charge in [0.1, 0.15) is 5.69 Å². The Kier molecular flexibility index (Phi) is 4.62. The van der Waals surface area contributed by atoms with Crippen molar-refractivity contribution in [2.75, 3.05) is 0 Å². The summed E-state index contributed by atoms with van der Waals surface area (Å²) in [6, 6.07) is 10.3. The smallest absolute Gasteiger partial charge is 0.153 e. The molecule has 2 aromatic rings. The van der Waals surface area contributed by atoms with E-state index in [-0.39, 0.29) is 5.56 Å². The molecule has 0 atom stereocenters. The second-order valence-corrected chi connectivity index (χ2v) is 5.77. The molecule has 0 amide bonds. The number of hydrogen-bond donors (Lipinski definition) is 0. The van der Waals surface area contributed by atoms with Gasteiger partial charge in [0.05, 0.1) is 5.16 Å². The molecule has 0 unspecified atom stereocenters. The maximum absolute atomic E-state index is 13.7. The van der Waals surface area contributed by atoms with Gasteiger partial charge in [0, 0.05) is 11.1 Å². The fourth-order valence-electron chi connectivity index (χ4n) is 2.31. The van der Waals surface area contributed by atoms with E-state index in [1.807, 2.05) is 17.3 Å². The molecule has 1 saturated carbocycles. The molecule has 0 spiro atoms. The van der Waals surface area contributed by atoms with Gasteiger partial charge in [-0.05, 0) is 67.2 Å². The molecule has 3 rings (SSSR count). The Balaban J connectivity index is 1.79. The zero-order valence-electron chi connectivity index (χ0n) is 12.3. The van der Waals surface area contributed by atoms with Crippen LogP contribution in [0.2, 0.25) is 0 Å². The van der Waals surface area contributed by atoms with Crippen LogP contribution in [-0.2, 0) is 6.42 Å². The van der Waals surface area contributed by atoms with E-state index in [2.05, 4.69) is 41.2 Å². The molecule has 0 N–H and O–H groups in total. The first-order valence-electron chi connectivity index (χ1n) is 7.33. The summed E-state index contributed by atoms with van der Waals surface area (Å²) in [5, 5.41) is 1.96. The summed E-state index contributed by atoms with van der Waals surface area (Å²) in [6.45, 7) is 0. The number of nitrogens with zero attached hydrogens (tertiary/aromatic N) is 1. The second kappa shape index (κ2) is 6.83. The lowest BCUT2D eigenvalue weighted by Gasteiger charge is -1.99. The van der Waals surface area contributed by atoms with Crippen LogP contribution in [0.1, 0.15) is 29.5 Å². The largest absolute Gasteiger partial charge is 0.204 e. The minimum atomic E-state index is -0.800. The van der Waals surface area contributed by atoms with E-state index in [9.17, 15) is 8.78 Å². The monoisotopic (exact) mass is 325 g/mol. The lowest BCUT2D eigenvalue weighted by atomic mass is 10.1. The van der Waals surface area contributed by atoms with Crippen LogP contribution in [0.15, 0.2) is 41.4 Å². The van der Waals surface area contributed by atoms with Crippen molar-refractivity contribution in [1.82, 2.24) is 0 Å². The van der Waals surface area contributed by atoms with E-state index in [1.165, 1.54) is 18.4 Å². The standard InChI is InChI=1S/C19H13F2NS/c20-17-10-16(11-18(21)19(17)22-12-23)8-3-13-1-4-14(5-2-13)9-15-6-7-15/h1-2,4-5,10-11,15H,6-7,9H2. The van der Waals surface area contributed by atoms with Crippen molar-refractivity contribution >= 4 is 23.1 Å². The SMILES string of the molecule is Fc1cc(C#Cc2ccc(CC3CC3)cc2)cc(F)c1N=C=S. The summed E-state index contributed by atoms with van der Waals surface area (Å²) >= 11 is 4.36. The van der Waals surface area contributed by atoms with E-state index < -0.39 is 17.3 Å². The minimum absolute atomic E-state index is 0.255. The third kappa shape index (κ3) is 4.10. The van der Waals surface area contributed by atoms with Gasteiger partial charge in [0.25, 0.3) is 0 Å². The fourth-order valence-corrected chi connectivity index (χ4v) is 2.41. The average molecular weight is 325 g/mol. The molecular formula is C19H13F2NS. The van der Waals surface area contributed by atoms with Gasteiger partial charge in [-0.25, -0.2) is 8.78 Å². The molecule has 4 heteroatoms. The third-order valence-corrected chi connectivity index (χ3v) is 3.79. The molecule has 0 aromatic heterocycles. The Morgan fingerprint density at radius 1 is 1.00 bits per heavy atom. The predicted octanol–water partition coefficient (Wildman–Crippen LogP) is 5.05. The summed E-state index contributed by atoms with van der Waals surface area (Å²) in [4.78, 5) is 3.37.